The first-order chi connectivity index (χ1) is 8.13. The molecule has 0 saturated carbocycles. The van der Waals surface area contributed by atoms with Crippen LogP contribution < -0.4 is 11.1 Å². The Hall–Kier alpha value is -0.870. The van der Waals surface area contributed by atoms with Gasteiger partial charge in [-0.15, -0.1) is 0 Å². The van der Waals surface area contributed by atoms with Gasteiger partial charge in [-0.25, -0.2) is 0 Å². The van der Waals surface area contributed by atoms with Crippen LogP contribution in [-0.2, 0) is 4.79 Å². The molecule has 0 radical (unpaired) electrons. The van der Waals surface area contributed by atoms with E-state index in [1.165, 1.54) is 0 Å². The van der Waals surface area contributed by atoms with Crippen molar-refractivity contribution >= 4 is 22.9 Å². The van der Waals surface area contributed by atoms with Gasteiger partial charge in [-0.2, -0.15) is 11.3 Å². The first kappa shape index (κ1) is 14.2. The number of carbonyl (C=O) groups excluding carboxylic acids is 1. The zero-order chi connectivity index (χ0) is 12.7. The second-order valence-corrected chi connectivity index (χ2v) is 5.46. The lowest BCUT2D eigenvalue weighted by atomic mass is 9.88. The van der Waals surface area contributed by atoms with Crippen molar-refractivity contribution in [3.8, 4) is 0 Å². The lowest BCUT2D eigenvalue weighted by molar-refractivity contribution is -0.116. The Balaban J connectivity index is 2.31. The summed E-state index contributed by atoms with van der Waals surface area (Å²) >= 11 is 1.59. The number of nitrogens with one attached hydrogen (secondary N) is 1. The second kappa shape index (κ2) is 7.45. The molecule has 0 spiro atoms. The van der Waals surface area contributed by atoms with E-state index in [0.717, 1.165) is 18.5 Å². The van der Waals surface area contributed by atoms with Crippen LogP contribution in [0.25, 0.3) is 0 Å². The summed E-state index contributed by atoms with van der Waals surface area (Å²) in [4.78, 5) is 11.7. The summed E-state index contributed by atoms with van der Waals surface area (Å²) < 4.78 is 0. The van der Waals surface area contributed by atoms with E-state index in [1.54, 1.807) is 11.3 Å². The standard InChI is InChI=1S/C13H22N2OS/c1-10(2)11(5-7-14)3-4-13(16)15-12-6-8-17-9-12/h6,8-11H,3-5,7,14H2,1-2H3,(H,15,16). The van der Waals surface area contributed by atoms with Crippen molar-refractivity contribution in [2.24, 2.45) is 17.6 Å². The van der Waals surface area contributed by atoms with Crippen LogP contribution in [0.3, 0.4) is 0 Å². The van der Waals surface area contributed by atoms with Crippen LogP contribution in [0.4, 0.5) is 5.69 Å². The third-order valence-corrected chi connectivity index (χ3v) is 3.71. The zero-order valence-electron chi connectivity index (χ0n) is 10.6. The van der Waals surface area contributed by atoms with Crippen LogP contribution in [0, 0.1) is 11.8 Å². The molecular formula is C13H22N2OS. The minimum Gasteiger partial charge on any atom is -0.330 e. The Morgan fingerprint density at radius 1 is 1.47 bits per heavy atom. The smallest absolute Gasteiger partial charge is 0.224 e. The number of nitrogens with two attached hydrogens (primary N) is 1. The molecule has 3 nitrogen and oxygen atoms in total. The molecule has 0 aliphatic rings. The number of hydrogen-bond donors (Lipinski definition) is 2. The summed E-state index contributed by atoms with van der Waals surface area (Å²) in [6.45, 7) is 5.09. The summed E-state index contributed by atoms with van der Waals surface area (Å²) in [5, 5.41) is 6.80. The van der Waals surface area contributed by atoms with Crippen molar-refractivity contribution in [2.45, 2.75) is 33.1 Å². The Labute approximate surface area is 107 Å². The summed E-state index contributed by atoms with van der Waals surface area (Å²) in [7, 11) is 0. The van der Waals surface area contributed by atoms with Crippen LogP contribution in [-0.4, -0.2) is 12.5 Å². The van der Waals surface area contributed by atoms with E-state index in [2.05, 4.69) is 19.2 Å². The number of anilines is 1. The fourth-order valence-corrected chi connectivity index (χ4v) is 2.49. The third kappa shape index (κ3) is 5.33. The molecule has 17 heavy (non-hydrogen) atoms. The molecule has 1 atom stereocenters. The average molecular weight is 254 g/mol. The second-order valence-electron chi connectivity index (χ2n) is 4.68. The minimum atomic E-state index is 0.103. The predicted octanol–water partition coefficient (Wildman–Crippen LogP) is 3.09. The largest absolute Gasteiger partial charge is 0.330 e. The summed E-state index contributed by atoms with van der Waals surface area (Å²) in [5.41, 5.74) is 6.49. The number of rotatable bonds is 7. The van der Waals surface area contributed by atoms with Gasteiger partial charge in [-0.1, -0.05) is 13.8 Å². The summed E-state index contributed by atoms with van der Waals surface area (Å²) in [6.07, 6.45) is 2.51. The highest BCUT2D eigenvalue weighted by Crippen LogP contribution is 2.21. The molecule has 4 heteroatoms. The van der Waals surface area contributed by atoms with Gasteiger partial charge in [0, 0.05) is 11.8 Å². The molecule has 1 aromatic heterocycles. The predicted molar refractivity (Wildman–Crippen MR) is 74.2 cm³/mol. The summed E-state index contributed by atoms with van der Waals surface area (Å²) in [5.74, 6) is 1.24. The Bertz CT molecular complexity index is 322. The molecule has 0 saturated heterocycles. The van der Waals surface area contributed by atoms with Crippen molar-refractivity contribution in [3.05, 3.63) is 16.8 Å². The van der Waals surface area contributed by atoms with Gasteiger partial charge in [-0.05, 0) is 42.7 Å². The Kier molecular flexibility index (Phi) is 6.22. The molecule has 3 N–H and O–H groups in total. The fourth-order valence-electron chi connectivity index (χ4n) is 1.90. The molecule has 0 bridgehead atoms. The number of thiophene rings is 1. The van der Waals surface area contributed by atoms with Crippen LogP contribution in [0.1, 0.15) is 33.1 Å². The number of carbonyl (C=O) groups is 1. The van der Waals surface area contributed by atoms with Crippen molar-refractivity contribution in [1.82, 2.24) is 0 Å². The molecule has 1 amide bonds. The molecule has 1 aromatic rings. The van der Waals surface area contributed by atoms with Crippen molar-refractivity contribution < 1.29 is 4.79 Å². The quantitative estimate of drug-likeness (QED) is 0.785. The van der Waals surface area contributed by atoms with Gasteiger partial charge in [0.25, 0.3) is 0 Å². The van der Waals surface area contributed by atoms with Gasteiger partial charge in [0.1, 0.15) is 0 Å². The topological polar surface area (TPSA) is 55.1 Å². The molecular weight excluding hydrogens is 232 g/mol. The van der Waals surface area contributed by atoms with Crippen LogP contribution in [0.5, 0.6) is 0 Å². The molecule has 0 aromatic carbocycles. The zero-order valence-corrected chi connectivity index (χ0v) is 11.4. The molecule has 0 aliphatic carbocycles. The maximum absolute atomic E-state index is 11.7. The highest BCUT2D eigenvalue weighted by Gasteiger charge is 2.14. The molecule has 0 aliphatic heterocycles. The van der Waals surface area contributed by atoms with Gasteiger partial charge >= 0.3 is 0 Å². The fraction of sp³-hybridized carbons (Fsp3) is 0.615. The van der Waals surface area contributed by atoms with Gasteiger partial charge in [-0.3, -0.25) is 4.79 Å². The third-order valence-electron chi connectivity index (χ3n) is 3.03. The normalized spacial score (nSPS) is 12.7. The highest BCUT2D eigenvalue weighted by molar-refractivity contribution is 7.08. The van der Waals surface area contributed by atoms with Gasteiger partial charge < -0.3 is 11.1 Å². The maximum Gasteiger partial charge on any atom is 0.224 e. The Morgan fingerprint density at radius 2 is 2.24 bits per heavy atom. The van der Waals surface area contributed by atoms with E-state index in [4.69, 9.17) is 5.73 Å². The molecule has 1 unspecified atom stereocenters. The van der Waals surface area contributed by atoms with E-state index in [0.29, 0.717) is 24.8 Å². The van der Waals surface area contributed by atoms with Crippen molar-refractivity contribution in [3.63, 3.8) is 0 Å². The summed E-state index contributed by atoms with van der Waals surface area (Å²) in [6, 6.07) is 1.92. The number of amides is 1. The van der Waals surface area contributed by atoms with Crippen molar-refractivity contribution in [1.29, 1.82) is 0 Å². The SMILES string of the molecule is CC(C)C(CCN)CCC(=O)Nc1ccsc1. The lowest BCUT2D eigenvalue weighted by Gasteiger charge is -2.19. The first-order valence-corrected chi connectivity index (χ1v) is 7.10. The van der Waals surface area contributed by atoms with E-state index in [-0.39, 0.29) is 5.91 Å². The maximum atomic E-state index is 11.7. The number of hydrogen-bond acceptors (Lipinski definition) is 3. The van der Waals surface area contributed by atoms with E-state index < -0.39 is 0 Å². The van der Waals surface area contributed by atoms with Crippen LogP contribution >= 0.6 is 11.3 Å². The first-order valence-electron chi connectivity index (χ1n) is 6.15. The Morgan fingerprint density at radius 3 is 2.76 bits per heavy atom. The van der Waals surface area contributed by atoms with Gasteiger partial charge in [0.2, 0.25) is 5.91 Å². The lowest BCUT2D eigenvalue weighted by Crippen LogP contribution is -2.18. The van der Waals surface area contributed by atoms with Crippen molar-refractivity contribution in [2.75, 3.05) is 11.9 Å². The van der Waals surface area contributed by atoms with Gasteiger partial charge in [0.15, 0.2) is 0 Å². The molecule has 0 fully saturated rings. The monoisotopic (exact) mass is 254 g/mol. The van der Waals surface area contributed by atoms with E-state index in [1.807, 2.05) is 16.8 Å². The van der Waals surface area contributed by atoms with E-state index in [9.17, 15) is 4.79 Å². The van der Waals surface area contributed by atoms with Gasteiger partial charge in [0.05, 0.1) is 5.69 Å². The minimum absolute atomic E-state index is 0.103. The average Bonchev–Trinajstić information content (AvgIpc) is 2.76. The molecule has 1 rings (SSSR count). The molecule has 1 heterocycles. The molecule has 96 valence electrons. The van der Waals surface area contributed by atoms with E-state index >= 15 is 0 Å². The highest BCUT2D eigenvalue weighted by atomic mass is 32.1. The van der Waals surface area contributed by atoms with Crippen LogP contribution in [0.2, 0.25) is 0 Å². The van der Waals surface area contributed by atoms with Crippen LogP contribution in [0.15, 0.2) is 16.8 Å².